The van der Waals surface area contributed by atoms with E-state index in [2.05, 4.69) is 324 Å². The molecule has 0 spiro atoms. The molecule has 0 N–H and O–H groups in total. The number of hydrogen-bond acceptors (Lipinski definition) is 3. The summed E-state index contributed by atoms with van der Waals surface area (Å²) in [7, 11) is 0. The minimum Gasteiger partial charge on any atom is -0.314 e. The Morgan fingerprint density at radius 2 is 0.656 bits per heavy atom. The number of nitrogens with zero attached hydrogens (tertiary/aromatic N) is 5. The number of benzene rings is 13. The van der Waals surface area contributed by atoms with Crippen molar-refractivity contribution in [2.24, 2.45) is 0 Å². The van der Waals surface area contributed by atoms with Crippen molar-refractivity contribution in [2.75, 3.05) is 14.7 Å². The molecule has 17 rings (SSSR count). The van der Waals surface area contributed by atoms with Crippen molar-refractivity contribution < 1.29 is 0 Å². The first-order chi connectivity index (χ1) is 43.8. The zero-order valence-electron chi connectivity index (χ0n) is 52.8. The van der Waals surface area contributed by atoms with Crippen molar-refractivity contribution in [3.8, 4) is 11.4 Å². The Morgan fingerprint density at radius 3 is 1.08 bits per heavy atom. The smallest absolute Gasteiger partial charge is 0.252 e. The Kier molecular flexibility index (Phi) is 11.9. The lowest BCUT2D eigenvalue weighted by Crippen LogP contribution is -2.59. The molecule has 4 heterocycles. The van der Waals surface area contributed by atoms with E-state index in [9.17, 15) is 0 Å². The minimum atomic E-state index is -0.112. The number of fused-ring (bicyclic) bond motifs is 8. The second-order valence-corrected chi connectivity index (χ2v) is 25.8. The van der Waals surface area contributed by atoms with Gasteiger partial charge in [-0.3, -0.25) is 0 Å². The second kappa shape index (κ2) is 20.0. The van der Waals surface area contributed by atoms with Gasteiger partial charge in [0.05, 0.1) is 39.5 Å². The normalized spacial score (nSPS) is 12.3. The molecule has 2 aliphatic heterocycles. The molecule has 90 heavy (non-hydrogen) atoms. The van der Waals surface area contributed by atoms with Crippen molar-refractivity contribution in [1.82, 2.24) is 9.13 Å². The first-order valence-electron chi connectivity index (χ1n) is 31.8. The number of rotatable bonds is 9. The molecule has 0 atom stereocenters. The quantitative estimate of drug-likeness (QED) is 0.134. The Morgan fingerprint density at radius 1 is 0.289 bits per heavy atom. The number of hydrogen-bond donors (Lipinski definition) is 0. The highest BCUT2D eigenvalue weighted by atomic mass is 15.2. The molecule has 0 aliphatic carbocycles. The summed E-state index contributed by atoms with van der Waals surface area (Å²) >= 11 is 0. The van der Waals surface area contributed by atoms with Gasteiger partial charge in [0.1, 0.15) is 0 Å². The van der Waals surface area contributed by atoms with E-state index in [1.165, 1.54) is 166 Å². The molecular weight excluding hydrogens is 1090 g/mol. The van der Waals surface area contributed by atoms with Crippen LogP contribution in [0.25, 0.3) is 76.3 Å². The maximum absolute atomic E-state index is 2.65. The highest BCUT2D eigenvalue weighted by Crippen LogP contribution is 2.51. The van der Waals surface area contributed by atoms with Gasteiger partial charge >= 0.3 is 0 Å². The van der Waals surface area contributed by atoms with E-state index in [-0.39, 0.29) is 6.71 Å². The Balaban J connectivity index is 0.998. The van der Waals surface area contributed by atoms with E-state index in [0.29, 0.717) is 0 Å². The first kappa shape index (κ1) is 53.7. The lowest BCUT2D eigenvalue weighted by atomic mass is 9.34. The van der Waals surface area contributed by atoms with Crippen molar-refractivity contribution in [2.45, 2.75) is 69.2 Å². The van der Waals surface area contributed by atoms with Gasteiger partial charge in [-0.05, 0) is 236 Å². The van der Waals surface area contributed by atoms with Crippen LogP contribution in [0.15, 0.2) is 231 Å². The van der Waals surface area contributed by atoms with Crippen LogP contribution < -0.4 is 31.1 Å². The van der Waals surface area contributed by atoms with Crippen LogP contribution in [0, 0.1) is 69.2 Å². The molecule has 5 nitrogen and oxygen atoms in total. The largest absolute Gasteiger partial charge is 0.314 e. The van der Waals surface area contributed by atoms with Gasteiger partial charge in [0.2, 0.25) is 0 Å². The Hall–Kier alpha value is -10.6. The number of aryl methyl sites for hydroxylation is 8. The summed E-state index contributed by atoms with van der Waals surface area (Å²) in [4.78, 5) is 7.67. The van der Waals surface area contributed by atoms with Crippen LogP contribution >= 0.6 is 0 Å². The summed E-state index contributed by atoms with van der Waals surface area (Å²) in [6.45, 7) is 22.8. The molecule has 2 aromatic heterocycles. The van der Waals surface area contributed by atoms with Crippen LogP contribution in [0.2, 0.25) is 0 Å². The molecule has 13 aromatic carbocycles. The highest BCUT2D eigenvalue weighted by molar-refractivity contribution is 7.00. The molecule has 0 saturated carbocycles. The summed E-state index contributed by atoms with van der Waals surface area (Å²) in [5.74, 6) is 0. The fourth-order valence-electron chi connectivity index (χ4n) is 15.8. The van der Waals surface area contributed by atoms with Crippen LogP contribution in [0.1, 0.15) is 55.9 Å². The third kappa shape index (κ3) is 7.76. The van der Waals surface area contributed by atoms with Gasteiger partial charge in [0, 0.05) is 67.1 Å². The van der Waals surface area contributed by atoms with Crippen LogP contribution in [0.3, 0.4) is 0 Å². The average molecular weight is 1160 g/mol. The molecule has 432 valence electrons. The maximum Gasteiger partial charge on any atom is 0.252 e. The van der Waals surface area contributed by atoms with Gasteiger partial charge in [-0.1, -0.05) is 157 Å². The molecule has 2 aliphatic rings. The molecule has 6 heteroatoms. The molecule has 0 saturated heterocycles. The van der Waals surface area contributed by atoms with Crippen LogP contribution in [-0.2, 0) is 0 Å². The lowest BCUT2D eigenvalue weighted by Gasteiger charge is -2.37. The van der Waals surface area contributed by atoms with Gasteiger partial charge < -0.3 is 23.8 Å². The lowest BCUT2D eigenvalue weighted by molar-refractivity contribution is 1.01. The predicted octanol–water partition coefficient (Wildman–Crippen LogP) is 20.8. The maximum atomic E-state index is 2.65. The van der Waals surface area contributed by atoms with Crippen molar-refractivity contribution in [3.05, 3.63) is 286 Å². The highest BCUT2D eigenvalue weighted by Gasteiger charge is 2.43. The SMILES string of the molecule is Cc1ccc(N(c2ccc(C)cc2)c2cc3c4c(c2)-n2c(C)c(C)c5c(N(c6ccc(C)c7ccccc67)c6ccc(C)c7ccccc67)ccc(c52)B4c2ccc(N(c4cc5ccccc5cc4C)c4cc5ccccc5cc4C)c4c(C)c(C)n-3c24)cc1. The summed E-state index contributed by atoms with van der Waals surface area (Å²) in [5.41, 5.74) is 31.6. The standard InChI is InChI=1S/C84H68BN5/c1-49-27-33-63(34-28-49)88(64-35-29-50(2)30-36-64)65-47-78-82-79(48-65)87-58(10)56(8)81-75(90(76-45-61-21-13-11-19-59(61)43-53(76)5)77-46-62-22-14-12-20-60(62)44-54(77)6)42-38-71(84(81)87)85(82)70-37-41-74(80-55(7)57(9)86(78)83(70)80)89(72-39-31-51(3)66-23-15-17-25-68(66)72)73-40-32-52(4)67-24-16-18-26-69(67)73/h11-48H,1-10H3. The molecule has 0 amide bonds. The third-order valence-electron chi connectivity index (χ3n) is 20.5. The Labute approximate surface area is 527 Å². The van der Waals surface area contributed by atoms with Crippen LogP contribution in [0.4, 0.5) is 51.2 Å². The number of anilines is 9. The zero-order valence-corrected chi connectivity index (χ0v) is 52.8. The van der Waals surface area contributed by atoms with Crippen molar-refractivity contribution in [1.29, 1.82) is 0 Å². The zero-order chi connectivity index (χ0) is 61.1. The second-order valence-electron chi connectivity index (χ2n) is 25.8. The molecular formula is C84H68BN5. The number of aromatic nitrogens is 2. The Bertz CT molecular complexity index is 5350. The fourth-order valence-corrected chi connectivity index (χ4v) is 15.8. The first-order valence-corrected chi connectivity index (χ1v) is 31.8. The van der Waals surface area contributed by atoms with Crippen molar-refractivity contribution >= 4 is 139 Å². The van der Waals surface area contributed by atoms with E-state index in [0.717, 1.165) is 34.1 Å². The van der Waals surface area contributed by atoms with Gasteiger partial charge in [0.25, 0.3) is 6.71 Å². The van der Waals surface area contributed by atoms with Gasteiger partial charge in [-0.15, -0.1) is 0 Å². The van der Waals surface area contributed by atoms with E-state index in [4.69, 9.17) is 0 Å². The summed E-state index contributed by atoms with van der Waals surface area (Å²) in [6, 6.07) is 87.6. The summed E-state index contributed by atoms with van der Waals surface area (Å²) < 4.78 is 5.30. The van der Waals surface area contributed by atoms with E-state index >= 15 is 0 Å². The molecule has 0 unspecified atom stereocenters. The van der Waals surface area contributed by atoms with Crippen LogP contribution in [-0.4, -0.2) is 15.8 Å². The summed E-state index contributed by atoms with van der Waals surface area (Å²) in [5, 5.41) is 12.4. The molecule has 15 aromatic rings. The predicted molar refractivity (Wildman–Crippen MR) is 386 cm³/mol. The summed E-state index contributed by atoms with van der Waals surface area (Å²) in [6.07, 6.45) is 0. The molecule has 0 bridgehead atoms. The van der Waals surface area contributed by atoms with Crippen LogP contribution in [0.5, 0.6) is 0 Å². The van der Waals surface area contributed by atoms with Crippen molar-refractivity contribution in [3.63, 3.8) is 0 Å². The molecule has 0 radical (unpaired) electrons. The van der Waals surface area contributed by atoms with Gasteiger partial charge in [-0.25, -0.2) is 0 Å². The topological polar surface area (TPSA) is 19.6 Å². The average Bonchev–Trinajstić information content (AvgIpc) is 1.42. The van der Waals surface area contributed by atoms with Gasteiger partial charge in [0.15, 0.2) is 0 Å². The third-order valence-corrected chi connectivity index (χ3v) is 20.5. The van der Waals surface area contributed by atoms with Gasteiger partial charge in [-0.2, -0.15) is 0 Å². The van der Waals surface area contributed by atoms with E-state index < -0.39 is 0 Å². The fraction of sp³-hybridized carbons (Fsp3) is 0.119. The monoisotopic (exact) mass is 1160 g/mol. The van der Waals surface area contributed by atoms with E-state index in [1.807, 2.05) is 0 Å². The van der Waals surface area contributed by atoms with E-state index in [1.54, 1.807) is 0 Å². The minimum absolute atomic E-state index is 0.112. The molecule has 0 fully saturated rings.